The highest BCUT2D eigenvalue weighted by atomic mass is 16.5. The van der Waals surface area contributed by atoms with E-state index in [9.17, 15) is 19.6 Å². The molecular formula is C29H32N2O6. The highest BCUT2D eigenvalue weighted by Gasteiger charge is 2.08. The van der Waals surface area contributed by atoms with Gasteiger partial charge in [0.05, 0.1) is 12.8 Å². The number of fused-ring (bicyclic) bond motifs is 1. The molecule has 0 saturated carbocycles. The lowest BCUT2D eigenvalue weighted by atomic mass is 10.0. The smallest absolute Gasteiger partial charge is 0.411 e. The van der Waals surface area contributed by atoms with Crippen molar-refractivity contribution < 1.29 is 29.1 Å². The highest BCUT2D eigenvalue weighted by Crippen LogP contribution is 2.23. The summed E-state index contributed by atoms with van der Waals surface area (Å²) in [5.74, 6) is -1.30. The number of aryl methyl sites for hydroxylation is 1. The Morgan fingerprint density at radius 1 is 0.865 bits per heavy atom. The van der Waals surface area contributed by atoms with Crippen molar-refractivity contribution in [1.29, 1.82) is 0 Å². The summed E-state index contributed by atoms with van der Waals surface area (Å²) < 4.78 is 9.79. The van der Waals surface area contributed by atoms with E-state index in [1.807, 2.05) is 66.7 Å². The topological polar surface area (TPSA) is 105 Å². The van der Waals surface area contributed by atoms with Crippen molar-refractivity contribution in [2.75, 3.05) is 19.0 Å². The number of carbonyl (C=O) groups is 3. The van der Waals surface area contributed by atoms with Crippen LogP contribution >= 0.6 is 0 Å². The number of amides is 2. The van der Waals surface area contributed by atoms with Crippen molar-refractivity contribution in [3.05, 3.63) is 90.0 Å². The minimum atomic E-state index is -0.652. The fourth-order valence-corrected chi connectivity index (χ4v) is 3.78. The Kier molecular flexibility index (Phi) is 10.7. The van der Waals surface area contributed by atoms with E-state index in [-0.39, 0.29) is 13.2 Å². The summed E-state index contributed by atoms with van der Waals surface area (Å²) in [5.41, 5.74) is 2.81. The van der Waals surface area contributed by atoms with E-state index >= 15 is 0 Å². The molecule has 194 valence electrons. The van der Waals surface area contributed by atoms with Crippen LogP contribution < -0.4 is 5.32 Å². The van der Waals surface area contributed by atoms with Crippen LogP contribution in [-0.4, -0.2) is 41.9 Å². The van der Waals surface area contributed by atoms with E-state index in [1.165, 1.54) is 12.7 Å². The Morgan fingerprint density at radius 3 is 2.35 bits per heavy atom. The van der Waals surface area contributed by atoms with E-state index in [0.29, 0.717) is 17.2 Å². The number of hydrogen-bond donors (Lipinski definition) is 2. The van der Waals surface area contributed by atoms with Gasteiger partial charge in [0, 0.05) is 24.1 Å². The number of unbranched alkanes of at least 4 members (excludes halogenated alkanes) is 3. The van der Waals surface area contributed by atoms with Crippen LogP contribution in [0.2, 0.25) is 0 Å². The maximum absolute atomic E-state index is 12.3. The van der Waals surface area contributed by atoms with Crippen LogP contribution in [0, 0.1) is 0 Å². The largest absolute Gasteiger partial charge is 0.466 e. The molecule has 8 nitrogen and oxygen atoms in total. The highest BCUT2D eigenvalue weighted by molar-refractivity contribution is 6.00. The number of anilines is 1. The van der Waals surface area contributed by atoms with Crippen molar-refractivity contribution >= 4 is 34.4 Å². The number of rotatable bonds is 12. The Balaban J connectivity index is 1.31. The van der Waals surface area contributed by atoms with Crippen molar-refractivity contribution in [3.8, 4) is 0 Å². The molecule has 0 aromatic heterocycles. The number of carbonyl (C=O) groups excluding carboxylic acids is 3. The molecule has 0 aliphatic carbocycles. The molecule has 2 N–H and O–H groups in total. The van der Waals surface area contributed by atoms with Gasteiger partial charge < -0.3 is 9.47 Å². The molecule has 0 saturated heterocycles. The average Bonchev–Trinajstić information content (AvgIpc) is 2.92. The van der Waals surface area contributed by atoms with Crippen molar-refractivity contribution in [2.45, 2.75) is 38.7 Å². The van der Waals surface area contributed by atoms with Crippen LogP contribution in [0.25, 0.3) is 10.8 Å². The van der Waals surface area contributed by atoms with E-state index in [4.69, 9.17) is 4.74 Å². The van der Waals surface area contributed by atoms with Gasteiger partial charge in [0.15, 0.2) is 0 Å². The van der Waals surface area contributed by atoms with Crippen molar-refractivity contribution in [1.82, 2.24) is 5.06 Å². The van der Waals surface area contributed by atoms with E-state index in [2.05, 4.69) is 10.1 Å². The zero-order valence-electron chi connectivity index (χ0n) is 20.9. The zero-order chi connectivity index (χ0) is 26.5. The van der Waals surface area contributed by atoms with Gasteiger partial charge >= 0.3 is 12.1 Å². The van der Waals surface area contributed by atoms with Crippen LogP contribution in [0.5, 0.6) is 0 Å². The van der Waals surface area contributed by atoms with Gasteiger partial charge in [-0.15, -0.1) is 0 Å². The standard InChI is InChI=1S/C29H32N2O6/c1-36-28(33)19-18-27(32)31(35)20-7-3-2-4-9-22-14-16-23(17-15-22)21-37-29(34)30-26-13-8-11-24-10-5-6-12-25(24)26/h5-6,8,10-19,35H,2-4,7,9,20-21H2,1H3,(H,30,34)/b19-18+. The van der Waals surface area contributed by atoms with Gasteiger partial charge in [-0.3, -0.25) is 15.3 Å². The Bertz CT molecular complexity index is 1220. The van der Waals surface area contributed by atoms with Gasteiger partial charge in [0.1, 0.15) is 6.61 Å². The molecule has 8 heteroatoms. The first kappa shape index (κ1) is 27.4. The van der Waals surface area contributed by atoms with Gasteiger partial charge in [0.25, 0.3) is 5.91 Å². The van der Waals surface area contributed by atoms with E-state index in [0.717, 1.165) is 54.2 Å². The number of ether oxygens (including phenoxy) is 2. The van der Waals surface area contributed by atoms with Crippen LogP contribution in [0.3, 0.4) is 0 Å². The summed E-state index contributed by atoms with van der Waals surface area (Å²) in [7, 11) is 1.21. The molecule has 37 heavy (non-hydrogen) atoms. The summed E-state index contributed by atoms with van der Waals surface area (Å²) in [5, 5.41) is 15.1. The Hall–Kier alpha value is -4.17. The first-order valence-electron chi connectivity index (χ1n) is 12.2. The quantitative estimate of drug-likeness (QED) is 0.109. The summed E-state index contributed by atoms with van der Waals surface area (Å²) in [6.07, 6.45) is 5.83. The zero-order valence-corrected chi connectivity index (χ0v) is 20.9. The third-order valence-electron chi connectivity index (χ3n) is 5.82. The van der Waals surface area contributed by atoms with E-state index < -0.39 is 18.0 Å². The maximum Gasteiger partial charge on any atom is 0.411 e. The Morgan fingerprint density at radius 2 is 1.57 bits per heavy atom. The lowest BCUT2D eigenvalue weighted by molar-refractivity contribution is -0.159. The molecule has 3 rings (SSSR count). The third-order valence-corrected chi connectivity index (χ3v) is 5.82. The first-order valence-corrected chi connectivity index (χ1v) is 12.2. The second-order valence-electron chi connectivity index (χ2n) is 8.53. The van der Waals surface area contributed by atoms with Gasteiger partial charge in [-0.1, -0.05) is 73.5 Å². The van der Waals surface area contributed by atoms with Crippen molar-refractivity contribution in [2.24, 2.45) is 0 Å². The molecular weight excluding hydrogens is 472 g/mol. The molecule has 0 fully saturated rings. The average molecular weight is 505 g/mol. The molecule has 3 aromatic carbocycles. The van der Waals surface area contributed by atoms with Gasteiger partial charge in [-0.2, -0.15) is 0 Å². The molecule has 2 amide bonds. The first-order chi connectivity index (χ1) is 18.0. The Labute approximate surface area is 216 Å². The molecule has 0 unspecified atom stereocenters. The number of nitrogens with zero attached hydrogens (tertiary/aromatic N) is 1. The van der Waals surface area contributed by atoms with Crippen LogP contribution in [0.1, 0.15) is 36.8 Å². The van der Waals surface area contributed by atoms with Gasteiger partial charge in [-0.25, -0.2) is 14.7 Å². The fourth-order valence-electron chi connectivity index (χ4n) is 3.78. The number of hydrogen-bond acceptors (Lipinski definition) is 6. The number of benzene rings is 3. The minimum absolute atomic E-state index is 0.183. The number of hydroxylamine groups is 2. The van der Waals surface area contributed by atoms with Crippen LogP contribution in [0.15, 0.2) is 78.9 Å². The summed E-state index contributed by atoms with van der Waals surface area (Å²) in [6.45, 7) is 0.384. The minimum Gasteiger partial charge on any atom is -0.466 e. The normalized spacial score (nSPS) is 10.9. The molecule has 0 aliphatic rings. The SMILES string of the molecule is COC(=O)/C=C/C(=O)N(O)CCCCCCc1ccc(COC(=O)Nc2cccc3ccccc23)cc1. The summed E-state index contributed by atoms with van der Waals surface area (Å²) in [6, 6.07) is 21.6. The lowest BCUT2D eigenvalue weighted by Gasteiger charge is -2.12. The second kappa shape index (κ2) is 14.4. The molecule has 0 aliphatic heterocycles. The summed E-state index contributed by atoms with van der Waals surface area (Å²) in [4.78, 5) is 34.9. The molecule has 3 aromatic rings. The number of nitrogens with one attached hydrogen (secondary N) is 1. The molecule has 0 radical (unpaired) electrons. The molecule has 0 heterocycles. The fraction of sp³-hybridized carbons (Fsp3) is 0.276. The second-order valence-corrected chi connectivity index (χ2v) is 8.53. The molecule has 0 spiro atoms. The van der Waals surface area contributed by atoms with Gasteiger partial charge in [-0.05, 0) is 41.8 Å². The monoisotopic (exact) mass is 504 g/mol. The number of methoxy groups -OCH3 is 1. The maximum atomic E-state index is 12.3. The predicted octanol–water partition coefficient (Wildman–Crippen LogP) is 5.64. The molecule has 0 atom stereocenters. The molecule has 0 bridgehead atoms. The third kappa shape index (κ3) is 9.09. The lowest BCUT2D eigenvalue weighted by Crippen LogP contribution is -2.26. The predicted molar refractivity (Wildman–Crippen MR) is 141 cm³/mol. The van der Waals surface area contributed by atoms with Gasteiger partial charge in [0.2, 0.25) is 0 Å². The number of esters is 1. The van der Waals surface area contributed by atoms with Crippen molar-refractivity contribution in [3.63, 3.8) is 0 Å². The van der Waals surface area contributed by atoms with Crippen LogP contribution in [0.4, 0.5) is 10.5 Å². The van der Waals surface area contributed by atoms with E-state index in [1.54, 1.807) is 0 Å². The summed E-state index contributed by atoms with van der Waals surface area (Å²) >= 11 is 0. The van der Waals surface area contributed by atoms with Crippen LogP contribution in [-0.2, 0) is 32.1 Å².